The lowest BCUT2D eigenvalue weighted by molar-refractivity contribution is 0.108. The second-order valence-corrected chi connectivity index (χ2v) is 6.28. The first-order valence-corrected chi connectivity index (χ1v) is 7.69. The Morgan fingerprint density at radius 1 is 1.39 bits per heavy atom. The minimum Gasteiger partial charge on any atom is -0.283 e. The Morgan fingerprint density at radius 3 is 2.61 bits per heavy atom. The smallest absolute Gasteiger partial charge is 0.254 e. The zero-order valence-corrected chi connectivity index (χ0v) is 11.9. The van der Waals surface area contributed by atoms with Gasteiger partial charge in [0.05, 0.1) is 17.0 Å². The summed E-state index contributed by atoms with van der Waals surface area (Å²) in [6, 6.07) is 4.82. The maximum atomic E-state index is 11.8. The Balaban J connectivity index is 3.02. The Labute approximate surface area is 112 Å². The number of hydrogen-bond acceptors (Lipinski definition) is 3. The van der Waals surface area contributed by atoms with Crippen molar-refractivity contribution in [1.82, 2.24) is 0 Å². The zero-order chi connectivity index (χ0) is 13.8. The van der Waals surface area contributed by atoms with Crippen molar-refractivity contribution in [2.24, 2.45) is 0 Å². The van der Waals surface area contributed by atoms with Crippen molar-refractivity contribution in [2.75, 3.05) is 10.5 Å². The Hall–Kier alpha value is -1.07. The molecule has 0 fully saturated rings. The Bertz CT molecular complexity index is 540. The fourth-order valence-electron chi connectivity index (χ4n) is 1.47. The number of benzene rings is 1. The molecule has 0 amide bonds. The molecule has 1 aromatic carbocycles. The molecule has 6 heteroatoms. The van der Waals surface area contributed by atoms with Crippen LogP contribution in [-0.4, -0.2) is 19.4 Å². The molecule has 0 unspecified atom stereocenters. The van der Waals surface area contributed by atoms with E-state index in [9.17, 15) is 13.2 Å². The van der Waals surface area contributed by atoms with Crippen molar-refractivity contribution in [2.45, 2.75) is 26.7 Å². The summed E-state index contributed by atoms with van der Waals surface area (Å²) in [6.45, 7) is 3.72. The van der Waals surface area contributed by atoms with Crippen LogP contribution in [0.25, 0.3) is 0 Å². The zero-order valence-electron chi connectivity index (χ0n) is 10.4. The lowest BCUT2D eigenvalue weighted by Crippen LogP contribution is -2.18. The maximum absolute atomic E-state index is 11.8. The molecular formula is C12H16ClNO3S. The number of halogens is 1. The molecule has 0 radical (unpaired) electrons. The number of unbranched alkanes of at least 4 members (excludes halogenated alkanes) is 1. The molecule has 100 valence electrons. The van der Waals surface area contributed by atoms with Gasteiger partial charge in [-0.25, -0.2) is 8.42 Å². The van der Waals surface area contributed by atoms with Crippen molar-refractivity contribution in [3.63, 3.8) is 0 Å². The number of nitrogens with one attached hydrogen (secondary N) is 1. The highest BCUT2D eigenvalue weighted by Gasteiger charge is 2.15. The SMILES string of the molecule is CCCCS(=O)(=O)Nc1cc(C)ccc1C(=O)Cl. The van der Waals surface area contributed by atoms with Gasteiger partial charge in [-0.05, 0) is 42.6 Å². The standard InChI is InChI=1S/C12H16ClNO3S/c1-3-4-7-18(16,17)14-11-8-9(2)5-6-10(11)12(13)15/h5-6,8,14H,3-4,7H2,1-2H3. The Kier molecular flexibility index (Phi) is 5.16. The van der Waals surface area contributed by atoms with E-state index in [1.165, 1.54) is 6.07 Å². The van der Waals surface area contributed by atoms with Gasteiger partial charge < -0.3 is 0 Å². The minimum absolute atomic E-state index is 0.0351. The van der Waals surface area contributed by atoms with Crippen LogP contribution in [0.3, 0.4) is 0 Å². The first kappa shape index (κ1) is 15.0. The molecule has 0 atom stereocenters. The number of sulfonamides is 1. The second-order valence-electron chi connectivity index (χ2n) is 4.10. The fraction of sp³-hybridized carbons (Fsp3) is 0.417. The van der Waals surface area contributed by atoms with E-state index in [0.717, 1.165) is 12.0 Å². The summed E-state index contributed by atoms with van der Waals surface area (Å²) in [5.41, 5.74) is 1.26. The summed E-state index contributed by atoms with van der Waals surface area (Å²) in [5.74, 6) is 0.0351. The predicted molar refractivity (Wildman–Crippen MR) is 73.7 cm³/mol. The van der Waals surface area contributed by atoms with E-state index in [2.05, 4.69) is 4.72 Å². The third-order valence-corrected chi connectivity index (χ3v) is 3.98. The molecule has 0 aromatic heterocycles. The van der Waals surface area contributed by atoms with Gasteiger partial charge in [0.2, 0.25) is 10.0 Å². The maximum Gasteiger partial charge on any atom is 0.254 e. The van der Waals surface area contributed by atoms with E-state index in [1.807, 2.05) is 13.8 Å². The molecule has 0 spiro atoms. The van der Waals surface area contributed by atoms with E-state index < -0.39 is 15.3 Å². The van der Waals surface area contributed by atoms with Gasteiger partial charge >= 0.3 is 0 Å². The summed E-state index contributed by atoms with van der Waals surface area (Å²) in [6.07, 6.45) is 1.36. The highest BCUT2D eigenvalue weighted by Crippen LogP contribution is 2.21. The lowest BCUT2D eigenvalue weighted by atomic mass is 10.1. The highest BCUT2D eigenvalue weighted by molar-refractivity contribution is 7.92. The van der Waals surface area contributed by atoms with E-state index in [1.54, 1.807) is 12.1 Å². The molecule has 1 aromatic rings. The molecule has 18 heavy (non-hydrogen) atoms. The summed E-state index contributed by atoms with van der Waals surface area (Å²) in [5, 5.41) is -0.678. The van der Waals surface area contributed by atoms with Gasteiger partial charge in [-0.1, -0.05) is 19.4 Å². The van der Waals surface area contributed by atoms with Crippen LogP contribution in [0.2, 0.25) is 0 Å². The van der Waals surface area contributed by atoms with Crippen molar-refractivity contribution >= 4 is 32.6 Å². The van der Waals surface area contributed by atoms with Crippen LogP contribution < -0.4 is 4.72 Å². The number of aryl methyl sites for hydroxylation is 1. The summed E-state index contributed by atoms with van der Waals surface area (Å²) in [7, 11) is -3.43. The number of carbonyl (C=O) groups excluding carboxylic acids is 1. The molecule has 4 nitrogen and oxygen atoms in total. The molecule has 1 rings (SSSR count). The van der Waals surface area contributed by atoms with Crippen molar-refractivity contribution in [3.8, 4) is 0 Å². The van der Waals surface area contributed by atoms with Gasteiger partial charge in [0.1, 0.15) is 0 Å². The van der Waals surface area contributed by atoms with Gasteiger partial charge in [0.15, 0.2) is 0 Å². The van der Waals surface area contributed by atoms with Crippen LogP contribution in [-0.2, 0) is 10.0 Å². The molecule has 0 aliphatic heterocycles. The van der Waals surface area contributed by atoms with Crippen LogP contribution in [0, 0.1) is 6.92 Å². The first-order chi connectivity index (χ1) is 8.35. The molecule has 0 saturated carbocycles. The van der Waals surface area contributed by atoms with E-state index in [0.29, 0.717) is 6.42 Å². The van der Waals surface area contributed by atoms with Gasteiger partial charge in [0, 0.05) is 0 Å². The van der Waals surface area contributed by atoms with Crippen molar-refractivity contribution < 1.29 is 13.2 Å². The predicted octanol–water partition coefficient (Wildman–Crippen LogP) is 2.92. The summed E-state index contributed by atoms with van der Waals surface area (Å²) in [4.78, 5) is 11.2. The van der Waals surface area contributed by atoms with Crippen LogP contribution in [0.5, 0.6) is 0 Å². The van der Waals surface area contributed by atoms with Crippen LogP contribution in [0.15, 0.2) is 18.2 Å². The molecule has 0 heterocycles. The van der Waals surface area contributed by atoms with E-state index in [-0.39, 0.29) is 17.0 Å². The monoisotopic (exact) mass is 289 g/mol. The normalized spacial score (nSPS) is 11.3. The summed E-state index contributed by atoms with van der Waals surface area (Å²) < 4.78 is 26.0. The number of hydrogen-bond donors (Lipinski definition) is 1. The topological polar surface area (TPSA) is 63.2 Å². The molecule has 0 aliphatic rings. The van der Waals surface area contributed by atoms with E-state index in [4.69, 9.17) is 11.6 Å². The highest BCUT2D eigenvalue weighted by atomic mass is 35.5. The fourth-order valence-corrected chi connectivity index (χ4v) is 2.91. The van der Waals surface area contributed by atoms with Crippen molar-refractivity contribution in [3.05, 3.63) is 29.3 Å². The molecular weight excluding hydrogens is 274 g/mol. The van der Waals surface area contributed by atoms with Crippen LogP contribution in [0.1, 0.15) is 35.7 Å². The minimum atomic E-state index is -3.43. The summed E-state index contributed by atoms with van der Waals surface area (Å²) >= 11 is 5.42. The average Bonchev–Trinajstić information content (AvgIpc) is 2.25. The number of anilines is 1. The second kappa shape index (κ2) is 6.20. The van der Waals surface area contributed by atoms with Gasteiger partial charge in [-0.3, -0.25) is 9.52 Å². The lowest BCUT2D eigenvalue weighted by Gasteiger charge is -2.11. The molecule has 0 aliphatic carbocycles. The number of carbonyl (C=O) groups is 1. The van der Waals surface area contributed by atoms with Crippen LogP contribution >= 0.6 is 11.6 Å². The molecule has 0 saturated heterocycles. The third kappa shape index (κ3) is 4.31. The largest absolute Gasteiger partial charge is 0.283 e. The van der Waals surface area contributed by atoms with Gasteiger partial charge in [-0.2, -0.15) is 0 Å². The van der Waals surface area contributed by atoms with Gasteiger partial charge in [-0.15, -0.1) is 0 Å². The van der Waals surface area contributed by atoms with E-state index >= 15 is 0 Å². The van der Waals surface area contributed by atoms with Crippen LogP contribution in [0.4, 0.5) is 5.69 Å². The quantitative estimate of drug-likeness (QED) is 0.819. The third-order valence-electron chi connectivity index (χ3n) is 2.42. The first-order valence-electron chi connectivity index (χ1n) is 5.66. The molecule has 0 bridgehead atoms. The molecule has 1 N–H and O–H groups in total. The van der Waals surface area contributed by atoms with Crippen molar-refractivity contribution in [1.29, 1.82) is 0 Å². The average molecular weight is 290 g/mol. The Morgan fingerprint density at radius 2 is 2.06 bits per heavy atom. The number of rotatable bonds is 6. The van der Waals surface area contributed by atoms with Gasteiger partial charge in [0.25, 0.3) is 5.24 Å².